The Morgan fingerprint density at radius 1 is 0.778 bits per heavy atom. The maximum Gasteiger partial charge on any atom is 0.309 e. The minimum absolute atomic E-state index is 0.0302. The van der Waals surface area contributed by atoms with Crippen LogP contribution in [0.25, 0.3) is 0 Å². The normalized spacial score (nSPS) is 11.4. The second kappa shape index (κ2) is 10.2. The molecule has 0 aliphatic heterocycles. The highest BCUT2D eigenvalue weighted by Gasteiger charge is 2.19. The number of hydrogen-bond donors (Lipinski definition) is 0. The lowest BCUT2D eigenvalue weighted by Crippen LogP contribution is -2.19. The quantitative estimate of drug-likeness (QED) is 0.627. The van der Waals surface area contributed by atoms with Crippen molar-refractivity contribution >= 4 is 11.9 Å². The number of carbonyl (C=O) groups is 2. The van der Waals surface area contributed by atoms with Crippen molar-refractivity contribution in [2.45, 2.75) is 26.6 Å². The summed E-state index contributed by atoms with van der Waals surface area (Å²) < 4.78 is 20.6. The Labute approximate surface area is 159 Å². The number of benzene rings is 2. The van der Waals surface area contributed by atoms with Gasteiger partial charge in [-0.2, -0.15) is 0 Å². The van der Waals surface area contributed by atoms with Crippen molar-refractivity contribution in [2.75, 3.05) is 14.2 Å². The first-order valence-corrected chi connectivity index (χ1v) is 8.60. The number of methoxy groups -OCH3 is 2. The van der Waals surface area contributed by atoms with Gasteiger partial charge < -0.3 is 18.9 Å². The SMILES string of the molecule is COc1ccc(COC(=O)C[C@@H](C)C(=O)OCc2ccc(OC)cc2)cc1. The molecule has 0 heterocycles. The molecule has 0 spiro atoms. The van der Waals surface area contributed by atoms with Crippen LogP contribution >= 0.6 is 0 Å². The molecule has 0 aliphatic rings. The van der Waals surface area contributed by atoms with Crippen LogP contribution in [-0.4, -0.2) is 26.2 Å². The Kier molecular flexibility index (Phi) is 7.67. The Balaban J connectivity index is 1.72. The Morgan fingerprint density at radius 3 is 1.67 bits per heavy atom. The number of ether oxygens (including phenoxy) is 4. The molecule has 0 fully saturated rings. The van der Waals surface area contributed by atoms with E-state index in [0.717, 1.165) is 22.6 Å². The first kappa shape index (κ1) is 20.3. The third kappa shape index (κ3) is 6.66. The largest absolute Gasteiger partial charge is 0.497 e. The molecule has 2 rings (SSSR count). The maximum atomic E-state index is 12.1. The van der Waals surface area contributed by atoms with Crippen LogP contribution in [0.4, 0.5) is 0 Å². The van der Waals surface area contributed by atoms with E-state index in [2.05, 4.69) is 0 Å². The molecule has 2 aromatic rings. The maximum absolute atomic E-state index is 12.1. The highest BCUT2D eigenvalue weighted by molar-refractivity contribution is 5.79. The van der Waals surface area contributed by atoms with Crippen molar-refractivity contribution in [1.29, 1.82) is 0 Å². The van der Waals surface area contributed by atoms with Gasteiger partial charge in [0.05, 0.1) is 26.6 Å². The van der Waals surface area contributed by atoms with Crippen molar-refractivity contribution in [3.8, 4) is 11.5 Å². The van der Waals surface area contributed by atoms with E-state index < -0.39 is 17.9 Å². The van der Waals surface area contributed by atoms with E-state index in [1.165, 1.54) is 0 Å². The summed E-state index contributed by atoms with van der Waals surface area (Å²) in [5.41, 5.74) is 1.69. The van der Waals surface area contributed by atoms with Crippen LogP contribution in [0.15, 0.2) is 48.5 Å². The van der Waals surface area contributed by atoms with Crippen LogP contribution in [0.3, 0.4) is 0 Å². The summed E-state index contributed by atoms with van der Waals surface area (Å²) in [5.74, 6) is 0.00917. The molecule has 27 heavy (non-hydrogen) atoms. The van der Waals surface area contributed by atoms with Crippen molar-refractivity contribution in [2.24, 2.45) is 5.92 Å². The van der Waals surface area contributed by atoms with Crippen molar-refractivity contribution in [3.05, 3.63) is 59.7 Å². The Bertz CT molecular complexity index is 736. The van der Waals surface area contributed by atoms with E-state index in [1.807, 2.05) is 24.3 Å². The zero-order valence-corrected chi connectivity index (χ0v) is 15.8. The molecule has 0 unspecified atom stereocenters. The van der Waals surface area contributed by atoms with E-state index in [-0.39, 0.29) is 19.6 Å². The van der Waals surface area contributed by atoms with E-state index >= 15 is 0 Å². The summed E-state index contributed by atoms with van der Waals surface area (Å²) >= 11 is 0. The van der Waals surface area contributed by atoms with Crippen molar-refractivity contribution < 1.29 is 28.5 Å². The van der Waals surface area contributed by atoms with E-state index in [4.69, 9.17) is 18.9 Å². The van der Waals surface area contributed by atoms with E-state index in [0.29, 0.717) is 0 Å². The van der Waals surface area contributed by atoms with Gasteiger partial charge in [0.2, 0.25) is 0 Å². The summed E-state index contributed by atoms with van der Waals surface area (Å²) in [6, 6.07) is 14.5. The van der Waals surface area contributed by atoms with E-state index in [1.54, 1.807) is 45.4 Å². The van der Waals surface area contributed by atoms with Crippen molar-refractivity contribution in [3.63, 3.8) is 0 Å². The highest BCUT2D eigenvalue weighted by atomic mass is 16.5. The first-order chi connectivity index (χ1) is 13.0. The monoisotopic (exact) mass is 372 g/mol. The molecule has 1 atom stereocenters. The summed E-state index contributed by atoms with van der Waals surface area (Å²) in [6.07, 6.45) is -0.0302. The third-order valence-corrected chi connectivity index (χ3v) is 3.97. The molecular formula is C21H24O6. The summed E-state index contributed by atoms with van der Waals surface area (Å²) in [4.78, 5) is 24.0. The molecule has 0 N–H and O–H groups in total. The standard InChI is InChI=1S/C21H24O6/c1-15(21(23)27-14-17-6-10-19(25-3)11-7-17)12-20(22)26-13-16-4-8-18(24-2)9-5-16/h4-11,15H,12-14H2,1-3H3/t15-/m1/s1. The first-order valence-electron chi connectivity index (χ1n) is 8.60. The fourth-order valence-electron chi connectivity index (χ4n) is 2.30. The van der Waals surface area contributed by atoms with Gasteiger partial charge in [-0.25, -0.2) is 0 Å². The van der Waals surface area contributed by atoms with Gasteiger partial charge >= 0.3 is 11.9 Å². The number of rotatable bonds is 9. The van der Waals surface area contributed by atoms with Crippen LogP contribution in [0.1, 0.15) is 24.5 Å². The van der Waals surface area contributed by atoms with Crippen molar-refractivity contribution in [1.82, 2.24) is 0 Å². The molecular weight excluding hydrogens is 348 g/mol. The van der Waals surface area contributed by atoms with Gasteiger partial charge in [0.25, 0.3) is 0 Å². The lowest BCUT2D eigenvalue weighted by molar-refractivity contribution is -0.156. The smallest absolute Gasteiger partial charge is 0.309 e. The summed E-state index contributed by atoms with van der Waals surface area (Å²) in [7, 11) is 3.18. The molecule has 0 radical (unpaired) electrons. The minimum atomic E-state index is -0.577. The number of carbonyl (C=O) groups excluding carboxylic acids is 2. The molecule has 0 bridgehead atoms. The average molecular weight is 372 g/mol. The van der Waals surface area contributed by atoms with Crippen LogP contribution in [0, 0.1) is 5.92 Å². The molecule has 0 saturated heterocycles. The Morgan fingerprint density at radius 2 is 1.22 bits per heavy atom. The summed E-state index contributed by atoms with van der Waals surface area (Å²) in [5, 5.41) is 0. The molecule has 0 saturated carbocycles. The molecule has 144 valence electrons. The molecule has 0 amide bonds. The Hall–Kier alpha value is -3.02. The minimum Gasteiger partial charge on any atom is -0.497 e. The zero-order valence-electron chi connectivity index (χ0n) is 15.8. The van der Waals surface area contributed by atoms with Gasteiger partial charge in [0.15, 0.2) is 0 Å². The fourth-order valence-corrected chi connectivity index (χ4v) is 2.30. The molecule has 0 aromatic heterocycles. The predicted molar refractivity (Wildman–Crippen MR) is 99.4 cm³/mol. The second-order valence-corrected chi connectivity index (χ2v) is 6.07. The highest BCUT2D eigenvalue weighted by Crippen LogP contribution is 2.15. The fraction of sp³-hybridized carbons (Fsp3) is 0.333. The molecule has 6 nitrogen and oxygen atoms in total. The molecule has 0 aliphatic carbocycles. The van der Waals surface area contributed by atoms with Gasteiger partial charge in [-0.1, -0.05) is 31.2 Å². The molecule has 2 aromatic carbocycles. The van der Waals surface area contributed by atoms with Crippen LogP contribution in [0.2, 0.25) is 0 Å². The molecule has 6 heteroatoms. The van der Waals surface area contributed by atoms with E-state index in [9.17, 15) is 9.59 Å². The second-order valence-electron chi connectivity index (χ2n) is 6.07. The topological polar surface area (TPSA) is 71.1 Å². The lowest BCUT2D eigenvalue weighted by atomic mass is 10.1. The number of hydrogen-bond acceptors (Lipinski definition) is 6. The van der Waals surface area contributed by atoms with Crippen LogP contribution in [-0.2, 0) is 32.3 Å². The summed E-state index contributed by atoms with van der Waals surface area (Å²) in [6.45, 7) is 1.94. The van der Waals surface area contributed by atoms with Gasteiger partial charge in [-0.15, -0.1) is 0 Å². The van der Waals surface area contributed by atoms with Crippen LogP contribution in [0.5, 0.6) is 11.5 Å². The predicted octanol–water partition coefficient (Wildman–Crippen LogP) is 3.52. The third-order valence-electron chi connectivity index (χ3n) is 3.97. The number of esters is 2. The van der Waals surface area contributed by atoms with Gasteiger partial charge in [0.1, 0.15) is 24.7 Å². The average Bonchev–Trinajstić information content (AvgIpc) is 2.71. The van der Waals surface area contributed by atoms with Crippen LogP contribution < -0.4 is 9.47 Å². The van der Waals surface area contributed by atoms with Gasteiger partial charge in [-0.3, -0.25) is 9.59 Å². The zero-order chi connectivity index (χ0) is 19.6. The lowest BCUT2D eigenvalue weighted by Gasteiger charge is -2.12. The van der Waals surface area contributed by atoms with Gasteiger partial charge in [-0.05, 0) is 35.4 Å². The van der Waals surface area contributed by atoms with Gasteiger partial charge in [0, 0.05) is 0 Å².